The first-order valence-electron chi connectivity index (χ1n) is 15.8. The van der Waals surface area contributed by atoms with E-state index in [1.54, 1.807) is 6.07 Å². The second-order valence-corrected chi connectivity index (χ2v) is 11.9. The molecule has 0 unspecified atom stereocenters. The summed E-state index contributed by atoms with van der Waals surface area (Å²) in [7, 11) is 0. The number of rotatable bonds is 5. The SMILES string of the molecule is Oc1ccccc1-c1nc2c(-c3cccc(C4(c5ccccn5)c5ccccc5-c5ccccc54)c3)cccc2n1-c1ccccc1. The zero-order valence-electron chi connectivity index (χ0n) is 25.5. The smallest absolute Gasteiger partial charge is 0.149 e. The number of phenols is 1. The first-order valence-corrected chi connectivity index (χ1v) is 15.8. The summed E-state index contributed by atoms with van der Waals surface area (Å²) in [5, 5.41) is 10.9. The number of hydrogen-bond donors (Lipinski definition) is 1. The van der Waals surface area contributed by atoms with Crippen molar-refractivity contribution in [2.24, 2.45) is 0 Å². The molecule has 0 atom stereocenters. The topological polar surface area (TPSA) is 50.9 Å². The first kappa shape index (κ1) is 27.1. The molecule has 1 aliphatic carbocycles. The molecule has 2 heterocycles. The Morgan fingerprint density at radius 2 is 1.17 bits per heavy atom. The van der Waals surface area contributed by atoms with Gasteiger partial charge in [-0.25, -0.2) is 4.98 Å². The fourth-order valence-electron chi connectivity index (χ4n) is 7.49. The van der Waals surface area contributed by atoms with E-state index in [1.165, 1.54) is 22.3 Å². The van der Waals surface area contributed by atoms with Gasteiger partial charge >= 0.3 is 0 Å². The van der Waals surface area contributed by atoms with Gasteiger partial charge in [-0.15, -0.1) is 0 Å². The van der Waals surface area contributed by atoms with Crippen LogP contribution in [0.25, 0.3) is 50.4 Å². The van der Waals surface area contributed by atoms with Gasteiger partial charge in [-0.1, -0.05) is 115 Å². The standard InChI is InChI=1S/C43H29N3O/c47-39-25-9-6-20-35(39)42-45-41-32(21-13-24-38(41)46(42)31-16-2-1-3-17-31)29-14-12-15-30(28-29)43(40-26-10-11-27-44-40)36-22-7-4-18-33(36)34-19-5-8-23-37(34)43/h1-28,47H. The predicted molar refractivity (Wildman–Crippen MR) is 189 cm³/mol. The average Bonchev–Trinajstić information content (AvgIpc) is 3.67. The lowest BCUT2D eigenvalue weighted by atomic mass is 9.69. The quantitative estimate of drug-likeness (QED) is 0.213. The second-order valence-electron chi connectivity index (χ2n) is 11.9. The number of benzene rings is 6. The van der Waals surface area contributed by atoms with Crippen LogP contribution in [0, 0.1) is 0 Å². The van der Waals surface area contributed by atoms with Crippen LogP contribution in [0.3, 0.4) is 0 Å². The number of nitrogens with zero attached hydrogens (tertiary/aromatic N) is 3. The summed E-state index contributed by atoms with van der Waals surface area (Å²) in [6, 6.07) is 56.4. The third kappa shape index (κ3) is 4.01. The molecule has 0 spiro atoms. The van der Waals surface area contributed by atoms with E-state index in [4.69, 9.17) is 9.97 Å². The van der Waals surface area contributed by atoms with Crippen molar-refractivity contribution in [2.45, 2.75) is 5.41 Å². The van der Waals surface area contributed by atoms with Crippen molar-refractivity contribution in [1.29, 1.82) is 0 Å². The number of phenolic OH excluding ortho intramolecular Hbond substituents is 1. The maximum Gasteiger partial charge on any atom is 0.149 e. The van der Waals surface area contributed by atoms with Gasteiger partial charge in [0.15, 0.2) is 0 Å². The number of para-hydroxylation sites is 3. The zero-order valence-corrected chi connectivity index (χ0v) is 25.5. The average molecular weight is 604 g/mol. The molecule has 222 valence electrons. The number of imidazole rings is 1. The minimum Gasteiger partial charge on any atom is -0.507 e. The van der Waals surface area contributed by atoms with Gasteiger partial charge in [0.2, 0.25) is 0 Å². The van der Waals surface area contributed by atoms with Crippen molar-refractivity contribution in [3.63, 3.8) is 0 Å². The normalized spacial score (nSPS) is 12.9. The monoisotopic (exact) mass is 603 g/mol. The van der Waals surface area contributed by atoms with Crippen molar-refractivity contribution in [3.8, 4) is 45.1 Å². The Kier molecular flexibility index (Phi) is 6.15. The highest BCUT2D eigenvalue weighted by molar-refractivity contribution is 5.96. The van der Waals surface area contributed by atoms with Crippen molar-refractivity contribution in [3.05, 3.63) is 192 Å². The fourth-order valence-corrected chi connectivity index (χ4v) is 7.49. The maximum absolute atomic E-state index is 10.9. The van der Waals surface area contributed by atoms with E-state index in [9.17, 15) is 5.11 Å². The summed E-state index contributed by atoms with van der Waals surface area (Å²) in [6.07, 6.45) is 1.89. The molecular formula is C43H29N3O. The van der Waals surface area contributed by atoms with Crippen LogP contribution in [0.5, 0.6) is 5.75 Å². The van der Waals surface area contributed by atoms with Gasteiger partial charge in [0.1, 0.15) is 11.6 Å². The van der Waals surface area contributed by atoms with E-state index in [-0.39, 0.29) is 5.75 Å². The van der Waals surface area contributed by atoms with Crippen LogP contribution in [-0.2, 0) is 5.41 Å². The van der Waals surface area contributed by atoms with Crippen LogP contribution in [0.4, 0.5) is 0 Å². The van der Waals surface area contributed by atoms with Crippen LogP contribution in [-0.4, -0.2) is 19.6 Å². The molecule has 4 heteroatoms. The van der Waals surface area contributed by atoms with Crippen molar-refractivity contribution in [2.75, 3.05) is 0 Å². The highest BCUT2D eigenvalue weighted by Crippen LogP contribution is 2.55. The lowest BCUT2D eigenvalue weighted by Crippen LogP contribution is -2.29. The number of pyridine rings is 1. The van der Waals surface area contributed by atoms with E-state index < -0.39 is 5.41 Å². The molecule has 4 nitrogen and oxygen atoms in total. The minimum absolute atomic E-state index is 0.194. The predicted octanol–water partition coefficient (Wildman–Crippen LogP) is 9.82. The fraction of sp³-hybridized carbons (Fsp3) is 0.0233. The number of aromatic hydroxyl groups is 1. The van der Waals surface area contributed by atoms with Crippen LogP contribution in [0.1, 0.15) is 22.4 Å². The molecule has 47 heavy (non-hydrogen) atoms. The van der Waals surface area contributed by atoms with E-state index >= 15 is 0 Å². The minimum atomic E-state index is -0.595. The van der Waals surface area contributed by atoms with Gasteiger partial charge < -0.3 is 5.11 Å². The molecule has 0 saturated heterocycles. The molecule has 0 amide bonds. The van der Waals surface area contributed by atoms with Gasteiger partial charge in [0.25, 0.3) is 0 Å². The Hall–Kier alpha value is -6.26. The number of hydrogen-bond acceptors (Lipinski definition) is 3. The maximum atomic E-state index is 10.9. The van der Waals surface area contributed by atoms with Crippen molar-refractivity contribution >= 4 is 11.0 Å². The third-order valence-electron chi connectivity index (χ3n) is 9.45. The van der Waals surface area contributed by atoms with Crippen LogP contribution in [0.15, 0.2) is 170 Å². The summed E-state index contributed by atoms with van der Waals surface area (Å²) in [4.78, 5) is 10.3. The Bertz CT molecular complexity index is 2380. The van der Waals surface area contributed by atoms with Gasteiger partial charge in [0, 0.05) is 17.4 Å². The lowest BCUT2D eigenvalue weighted by molar-refractivity contribution is 0.477. The molecular weight excluding hydrogens is 574 g/mol. The number of fused-ring (bicyclic) bond motifs is 4. The second kappa shape index (κ2) is 10.7. The zero-order chi connectivity index (χ0) is 31.4. The summed E-state index contributed by atoms with van der Waals surface area (Å²) in [5.74, 6) is 0.885. The van der Waals surface area contributed by atoms with E-state index in [0.29, 0.717) is 11.4 Å². The Labute approximate surface area is 272 Å². The summed E-state index contributed by atoms with van der Waals surface area (Å²) in [5.41, 5.74) is 12.0. The van der Waals surface area contributed by atoms with E-state index in [1.807, 2.05) is 48.7 Å². The van der Waals surface area contributed by atoms with Crippen LogP contribution >= 0.6 is 0 Å². The number of aromatic nitrogens is 3. The molecule has 2 aromatic heterocycles. The lowest BCUT2D eigenvalue weighted by Gasteiger charge is -2.33. The molecule has 0 fully saturated rings. The molecule has 0 aliphatic heterocycles. The summed E-state index contributed by atoms with van der Waals surface area (Å²) < 4.78 is 2.14. The molecule has 8 aromatic rings. The molecule has 0 bridgehead atoms. The highest BCUT2D eigenvalue weighted by Gasteiger charge is 2.47. The summed E-state index contributed by atoms with van der Waals surface area (Å²) >= 11 is 0. The van der Waals surface area contributed by atoms with Gasteiger partial charge in [-0.3, -0.25) is 9.55 Å². The van der Waals surface area contributed by atoms with Crippen molar-refractivity contribution in [1.82, 2.24) is 14.5 Å². The van der Waals surface area contributed by atoms with E-state index in [2.05, 4.69) is 120 Å². The third-order valence-corrected chi connectivity index (χ3v) is 9.45. The molecule has 9 rings (SSSR count). The van der Waals surface area contributed by atoms with Crippen LogP contribution in [0.2, 0.25) is 0 Å². The van der Waals surface area contributed by atoms with Gasteiger partial charge in [-0.05, 0) is 81.9 Å². The Morgan fingerprint density at radius 1 is 0.532 bits per heavy atom. The van der Waals surface area contributed by atoms with Gasteiger partial charge in [0.05, 0.1) is 27.7 Å². The molecule has 0 saturated carbocycles. The highest BCUT2D eigenvalue weighted by atomic mass is 16.3. The van der Waals surface area contributed by atoms with Crippen molar-refractivity contribution < 1.29 is 5.11 Å². The summed E-state index contributed by atoms with van der Waals surface area (Å²) in [6.45, 7) is 0. The molecule has 1 N–H and O–H groups in total. The van der Waals surface area contributed by atoms with Crippen LogP contribution < -0.4 is 0 Å². The molecule has 0 radical (unpaired) electrons. The molecule has 6 aromatic carbocycles. The Balaban J connectivity index is 1.32. The van der Waals surface area contributed by atoms with Gasteiger partial charge in [-0.2, -0.15) is 0 Å². The molecule has 1 aliphatic rings. The Morgan fingerprint density at radius 3 is 1.89 bits per heavy atom. The largest absolute Gasteiger partial charge is 0.507 e. The first-order chi connectivity index (χ1) is 23.2. The van der Waals surface area contributed by atoms with E-state index in [0.717, 1.165) is 39.1 Å².